The molecule has 1 heterocycles. The fraction of sp³-hybridized carbons (Fsp3) is 0.273. The molecule has 1 fully saturated rings. The van der Waals surface area contributed by atoms with Crippen LogP contribution in [-0.4, -0.2) is 47.9 Å². The van der Waals surface area contributed by atoms with Crippen molar-refractivity contribution in [2.75, 3.05) is 31.5 Å². The molecule has 1 N–H and O–H groups in total. The van der Waals surface area contributed by atoms with Gasteiger partial charge >= 0.3 is 6.03 Å². The van der Waals surface area contributed by atoms with Crippen molar-refractivity contribution < 1.29 is 9.59 Å². The molecule has 152 valence electrons. The first kappa shape index (κ1) is 21.2. The summed E-state index contributed by atoms with van der Waals surface area (Å²) in [5.74, 6) is -0.0679. The maximum Gasteiger partial charge on any atom is 0.321 e. The Hall–Kier alpha value is -2.50. The highest BCUT2D eigenvalue weighted by Crippen LogP contribution is 2.18. The SMILES string of the molecule is Cc1ccc(/C=C/C(=O)N2CCCN(C(=O)Nc3ccc(Cl)cc3)CC2)cc1Cl. The molecule has 0 aliphatic carbocycles. The number of anilines is 1. The van der Waals surface area contributed by atoms with Crippen LogP contribution in [0.25, 0.3) is 6.08 Å². The largest absolute Gasteiger partial charge is 0.337 e. The molecule has 3 rings (SSSR count). The van der Waals surface area contributed by atoms with E-state index in [0.29, 0.717) is 41.9 Å². The standard InChI is InChI=1S/C22H23Cl2N3O2/c1-16-3-4-17(15-20(16)24)5-10-21(28)26-11-2-12-27(14-13-26)22(29)25-19-8-6-18(23)7-9-19/h3-10,15H,2,11-14H2,1H3,(H,25,29)/b10-5+. The van der Waals surface area contributed by atoms with Crippen LogP contribution in [0.4, 0.5) is 10.5 Å². The van der Waals surface area contributed by atoms with Gasteiger partial charge in [-0.05, 0) is 60.9 Å². The minimum Gasteiger partial charge on any atom is -0.337 e. The van der Waals surface area contributed by atoms with E-state index in [-0.39, 0.29) is 11.9 Å². The zero-order chi connectivity index (χ0) is 20.8. The number of amides is 3. The number of nitrogens with zero attached hydrogens (tertiary/aromatic N) is 2. The summed E-state index contributed by atoms with van der Waals surface area (Å²) in [4.78, 5) is 28.5. The molecular weight excluding hydrogens is 409 g/mol. The summed E-state index contributed by atoms with van der Waals surface area (Å²) in [6.45, 7) is 4.12. The Morgan fingerprint density at radius 2 is 1.66 bits per heavy atom. The van der Waals surface area contributed by atoms with E-state index in [2.05, 4.69) is 5.32 Å². The topological polar surface area (TPSA) is 52.7 Å². The van der Waals surface area contributed by atoms with Crippen LogP contribution in [0, 0.1) is 6.92 Å². The van der Waals surface area contributed by atoms with Gasteiger partial charge in [0.05, 0.1) is 0 Å². The Bertz CT molecular complexity index is 913. The first-order valence-electron chi connectivity index (χ1n) is 9.47. The van der Waals surface area contributed by atoms with Crippen molar-refractivity contribution >= 4 is 46.9 Å². The fourth-order valence-corrected chi connectivity index (χ4v) is 3.38. The van der Waals surface area contributed by atoms with E-state index in [9.17, 15) is 9.59 Å². The van der Waals surface area contributed by atoms with E-state index in [1.165, 1.54) is 0 Å². The number of nitrogens with one attached hydrogen (secondary N) is 1. The van der Waals surface area contributed by atoms with Gasteiger partial charge in [0.15, 0.2) is 0 Å². The summed E-state index contributed by atoms with van der Waals surface area (Å²) in [7, 11) is 0. The number of carbonyl (C=O) groups excluding carboxylic acids is 2. The Labute approximate surface area is 180 Å². The molecule has 29 heavy (non-hydrogen) atoms. The van der Waals surface area contributed by atoms with E-state index in [4.69, 9.17) is 23.2 Å². The number of hydrogen-bond donors (Lipinski definition) is 1. The molecule has 0 atom stereocenters. The summed E-state index contributed by atoms with van der Waals surface area (Å²) in [5.41, 5.74) is 2.57. The zero-order valence-corrected chi connectivity index (χ0v) is 17.7. The average Bonchev–Trinajstić information content (AvgIpc) is 2.97. The summed E-state index contributed by atoms with van der Waals surface area (Å²) in [6, 6.07) is 12.5. The molecule has 2 aromatic carbocycles. The van der Waals surface area contributed by atoms with Crippen LogP contribution < -0.4 is 5.32 Å². The third kappa shape index (κ3) is 5.99. The number of benzene rings is 2. The van der Waals surface area contributed by atoms with Crippen molar-refractivity contribution in [2.45, 2.75) is 13.3 Å². The van der Waals surface area contributed by atoms with E-state index >= 15 is 0 Å². The lowest BCUT2D eigenvalue weighted by Gasteiger charge is -2.22. The molecular formula is C22H23Cl2N3O2. The average molecular weight is 432 g/mol. The van der Waals surface area contributed by atoms with Gasteiger partial charge in [0.25, 0.3) is 0 Å². The van der Waals surface area contributed by atoms with Crippen LogP contribution in [-0.2, 0) is 4.79 Å². The van der Waals surface area contributed by atoms with Crippen molar-refractivity contribution in [2.24, 2.45) is 0 Å². The van der Waals surface area contributed by atoms with Gasteiger partial charge in [0.2, 0.25) is 5.91 Å². The van der Waals surface area contributed by atoms with Crippen molar-refractivity contribution in [3.63, 3.8) is 0 Å². The molecule has 3 amide bonds. The second kappa shape index (κ2) is 9.81. The smallest absolute Gasteiger partial charge is 0.321 e. The quantitative estimate of drug-likeness (QED) is 0.688. The van der Waals surface area contributed by atoms with E-state index in [1.54, 1.807) is 46.2 Å². The predicted octanol–water partition coefficient (Wildman–Crippen LogP) is 5.08. The zero-order valence-electron chi connectivity index (χ0n) is 16.2. The number of rotatable bonds is 3. The molecule has 1 aliphatic rings. The van der Waals surface area contributed by atoms with Gasteiger partial charge in [-0.25, -0.2) is 4.79 Å². The lowest BCUT2D eigenvalue weighted by Crippen LogP contribution is -2.39. The van der Waals surface area contributed by atoms with Gasteiger partial charge in [0, 0.05) is 48.0 Å². The maximum absolute atomic E-state index is 12.6. The van der Waals surface area contributed by atoms with Crippen molar-refractivity contribution in [1.82, 2.24) is 9.80 Å². The number of carbonyl (C=O) groups is 2. The van der Waals surface area contributed by atoms with Gasteiger partial charge in [-0.15, -0.1) is 0 Å². The minimum absolute atomic E-state index is 0.0679. The Balaban J connectivity index is 1.55. The third-order valence-corrected chi connectivity index (χ3v) is 5.46. The lowest BCUT2D eigenvalue weighted by molar-refractivity contribution is -0.125. The molecule has 1 aliphatic heterocycles. The first-order valence-corrected chi connectivity index (χ1v) is 10.2. The minimum atomic E-state index is -0.175. The molecule has 0 bridgehead atoms. The van der Waals surface area contributed by atoms with Crippen LogP contribution in [0.2, 0.25) is 10.0 Å². The fourth-order valence-electron chi connectivity index (χ4n) is 3.06. The molecule has 2 aromatic rings. The second-order valence-corrected chi connectivity index (χ2v) is 7.79. The number of hydrogen-bond acceptors (Lipinski definition) is 2. The highest BCUT2D eigenvalue weighted by Gasteiger charge is 2.21. The van der Waals surface area contributed by atoms with Gasteiger partial charge in [0.1, 0.15) is 0 Å². The van der Waals surface area contributed by atoms with Gasteiger partial charge < -0.3 is 15.1 Å². The van der Waals surface area contributed by atoms with Crippen molar-refractivity contribution in [1.29, 1.82) is 0 Å². The maximum atomic E-state index is 12.6. The monoisotopic (exact) mass is 431 g/mol. The molecule has 0 spiro atoms. The van der Waals surface area contributed by atoms with Crippen molar-refractivity contribution in [3.05, 3.63) is 69.7 Å². The predicted molar refractivity (Wildman–Crippen MR) is 118 cm³/mol. The Morgan fingerprint density at radius 1 is 0.966 bits per heavy atom. The summed E-state index contributed by atoms with van der Waals surface area (Å²) < 4.78 is 0. The summed E-state index contributed by atoms with van der Waals surface area (Å²) in [6.07, 6.45) is 4.05. The molecule has 0 radical (unpaired) electrons. The normalized spacial score (nSPS) is 14.7. The number of halogens is 2. The first-order chi connectivity index (χ1) is 13.9. The van der Waals surface area contributed by atoms with Crippen molar-refractivity contribution in [3.8, 4) is 0 Å². The van der Waals surface area contributed by atoms with Gasteiger partial charge in [-0.1, -0.05) is 35.3 Å². The van der Waals surface area contributed by atoms with Gasteiger partial charge in [-0.3, -0.25) is 4.79 Å². The molecule has 0 unspecified atom stereocenters. The highest BCUT2D eigenvalue weighted by atomic mass is 35.5. The van der Waals surface area contributed by atoms with Crippen LogP contribution >= 0.6 is 23.2 Å². The lowest BCUT2D eigenvalue weighted by atomic mass is 10.1. The molecule has 1 saturated heterocycles. The Morgan fingerprint density at radius 3 is 2.38 bits per heavy atom. The van der Waals surface area contributed by atoms with Crippen LogP contribution in [0.1, 0.15) is 17.5 Å². The third-order valence-electron chi connectivity index (χ3n) is 4.80. The Kier molecular flexibility index (Phi) is 7.18. The summed E-state index contributed by atoms with van der Waals surface area (Å²) >= 11 is 12.0. The van der Waals surface area contributed by atoms with E-state index in [0.717, 1.165) is 17.5 Å². The van der Waals surface area contributed by atoms with Crippen LogP contribution in [0.15, 0.2) is 48.5 Å². The van der Waals surface area contributed by atoms with Gasteiger partial charge in [-0.2, -0.15) is 0 Å². The second-order valence-electron chi connectivity index (χ2n) is 6.94. The van der Waals surface area contributed by atoms with E-state index in [1.807, 2.05) is 25.1 Å². The molecule has 5 nitrogen and oxygen atoms in total. The molecule has 7 heteroatoms. The molecule has 0 aromatic heterocycles. The highest BCUT2D eigenvalue weighted by molar-refractivity contribution is 6.31. The number of urea groups is 1. The van der Waals surface area contributed by atoms with Crippen LogP contribution in [0.3, 0.4) is 0 Å². The molecule has 0 saturated carbocycles. The summed E-state index contributed by atoms with van der Waals surface area (Å²) in [5, 5.41) is 4.16. The van der Waals surface area contributed by atoms with E-state index < -0.39 is 0 Å². The van der Waals surface area contributed by atoms with Crippen LogP contribution in [0.5, 0.6) is 0 Å². The number of aryl methyl sites for hydroxylation is 1.